The summed E-state index contributed by atoms with van der Waals surface area (Å²) in [5, 5.41) is 5.12. The van der Waals surface area contributed by atoms with Gasteiger partial charge >= 0.3 is 0 Å². The summed E-state index contributed by atoms with van der Waals surface area (Å²) in [6.07, 6.45) is 0.723. The average Bonchev–Trinajstić information content (AvgIpc) is 2.64. The Labute approximate surface area is 117 Å². The molecule has 1 amide bonds. The van der Waals surface area contributed by atoms with Crippen LogP contribution in [0.15, 0.2) is 12.1 Å². The predicted molar refractivity (Wildman–Crippen MR) is 75.2 cm³/mol. The number of benzene rings is 1. The number of anilines is 1. The maximum Gasteiger partial charge on any atom is 0.273 e. The highest BCUT2D eigenvalue weighted by atomic mass is 35.5. The van der Waals surface area contributed by atoms with E-state index in [0.717, 1.165) is 37.3 Å². The van der Waals surface area contributed by atoms with Crippen LogP contribution in [0.1, 0.15) is 22.3 Å². The van der Waals surface area contributed by atoms with Crippen LogP contribution in [0.5, 0.6) is 0 Å². The van der Waals surface area contributed by atoms with E-state index in [4.69, 9.17) is 17.4 Å². The van der Waals surface area contributed by atoms with Crippen molar-refractivity contribution in [2.45, 2.75) is 19.5 Å². The molecule has 0 bridgehead atoms. The number of amides is 1. The molecule has 2 heterocycles. The Morgan fingerprint density at radius 3 is 3.00 bits per heavy atom. The Kier molecular flexibility index (Phi) is 3.12. The zero-order valence-corrected chi connectivity index (χ0v) is 11.6. The summed E-state index contributed by atoms with van der Waals surface area (Å²) in [5.41, 5.74) is 2.53. The van der Waals surface area contributed by atoms with E-state index < -0.39 is 0 Å². The fraction of sp³-hybridized carbons (Fsp3) is 0.462. The SMILES string of the molecule is Cc1ccc(Cl)c2c1N1CCNCCC1N(N)C2=O. The molecule has 102 valence electrons. The predicted octanol–water partition coefficient (Wildman–Crippen LogP) is 1.10. The third kappa shape index (κ3) is 1.89. The Morgan fingerprint density at radius 1 is 1.42 bits per heavy atom. The molecule has 1 unspecified atom stereocenters. The fourth-order valence-electron chi connectivity index (χ4n) is 2.92. The Hall–Kier alpha value is -1.30. The van der Waals surface area contributed by atoms with E-state index in [1.54, 1.807) is 6.07 Å². The second-order valence-corrected chi connectivity index (χ2v) is 5.42. The number of nitrogens with one attached hydrogen (secondary N) is 1. The minimum Gasteiger partial charge on any atom is -0.348 e. The van der Waals surface area contributed by atoms with Crippen LogP contribution in [0.3, 0.4) is 0 Å². The molecule has 2 aliphatic rings. The number of nitrogens with zero attached hydrogens (tertiary/aromatic N) is 2. The van der Waals surface area contributed by atoms with Crippen molar-refractivity contribution in [3.63, 3.8) is 0 Å². The van der Waals surface area contributed by atoms with Gasteiger partial charge in [-0.25, -0.2) is 5.84 Å². The van der Waals surface area contributed by atoms with Crippen LogP contribution < -0.4 is 16.1 Å². The molecule has 0 saturated carbocycles. The first-order chi connectivity index (χ1) is 9.11. The van der Waals surface area contributed by atoms with E-state index in [9.17, 15) is 4.79 Å². The van der Waals surface area contributed by atoms with Crippen molar-refractivity contribution >= 4 is 23.2 Å². The highest BCUT2D eigenvalue weighted by Gasteiger charge is 2.38. The number of hydrogen-bond donors (Lipinski definition) is 2. The molecule has 5 nitrogen and oxygen atoms in total. The molecule has 6 heteroatoms. The van der Waals surface area contributed by atoms with Gasteiger partial charge in [0.25, 0.3) is 5.91 Å². The summed E-state index contributed by atoms with van der Waals surface area (Å²) in [6, 6.07) is 3.72. The Morgan fingerprint density at radius 2 is 2.21 bits per heavy atom. The molecule has 1 atom stereocenters. The Balaban J connectivity index is 2.19. The molecule has 0 aliphatic carbocycles. The van der Waals surface area contributed by atoms with Gasteiger partial charge in [0, 0.05) is 19.5 Å². The zero-order chi connectivity index (χ0) is 13.6. The van der Waals surface area contributed by atoms with Crippen LogP contribution in [-0.4, -0.2) is 36.7 Å². The molecule has 19 heavy (non-hydrogen) atoms. The smallest absolute Gasteiger partial charge is 0.273 e. The monoisotopic (exact) mass is 280 g/mol. The number of fused-ring (bicyclic) bond motifs is 3. The van der Waals surface area contributed by atoms with Gasteiger partial charge in [-0.15, -0.1) is 0 Å². The minimum atomic E-state index is -0.188. The van der Waals surface area contributed by atoms with Crippen molar-refractivity contribution in [1.29, 1.82) is 0 Å². The lowest BCUT2D eigenvalue weighted by atomic mass is 10.0. The van der Waals surface area contributed by atoms with E-state index in [1.165, 1.54) is 5.01 Å². The quantitative estimate of drug-likeness (QED) is 0.552. The molecule has 1 fully saturated rings. The summed E-state index contributed by atoms with van der Waals surface area (Å²) >= 11 is 6.20. The van der Waals surface area contributed by atoms with Gasteiger partial charge in [-0.2, -0.15) is 0 Å². The standard InChI is InChI=1S/C13H17ClN4O/c1-8-2-3-9(14)11-12(8)17-7-6-16-5-4-10(17)18(15)13(11)19/h2-3,10,16H,4-7,15H2,1H3. The van der Waals surface area contributed by atoms with Gasteiger partial charge in [0.15, 0.2) is 0 Å². The molecule has 1 aromatic rings. The number of rotatable bonds is 0. The molecule has 2 aliphatic heterocycles. The van der Waals surface area contributed by atoms with Gasteiger partial charge in [-0.1, -0.05) is 17.7 Å². The van der Waals surface area contributed by atoms with E-state index in [0.29, 0.717) is 10.6 Å². The largest absolute Gasteiger partial charge is 0.348 e. The van der Waals surface area contributed by atoms with Gasteiger partial charge in [-0.3, -0.25) is 9.80 Å². The van der Waals surface area contributed by atoms with Gasteiger partial charge in [0.2, 0.25) is 0 Å². The second-order valence-electron chi connectivity index (χ2n) is 5.01. The molecule has 1 saturated heterocycles. The number of hydrogen-bond acceptors (Lipinski definition) is 4. The van der Waals surface area contributed by atoms with Crippen molar-refractivity contribution in [3.8, 4) is 0 Å². The van der Waals surface area contributed by atoms with Crippen molar-refractivity contribution in [2.75, 3.05) is 24.5 Å². The van der Waals surface area contributed by atoms with Crippen LogP contribution >= 0.6 is 11.6 Å². The van der Waals surface area contributed by atoms with Crippen molar-refractivity contribution in [2.24, 2.45) is 5.84 Å². The lowest BCUT2D eigenvalue weighted by Crippen LogP contribution is -2.58. The van der Waals surface area contributed by atoms with Crippen LogP contribution in [0.25, 0.3) is 0 Å². The van der Waals surface area contributed by atoms with E-state index in [2.05, 4.69) is 10.2 Å². The van der Waals surface area contributed by atoms with Gasteiger partial charge in [-0.05, 0) is 25.1 Å². The minimum absolute atomic E-state index is 0.0906. The zero-order valence-electron chi connectivity index (χ0n) is 10.8. The van der Waals surface area contributed by atoms with Crippen LogP contribution in [0, 0.1) is 6.92 Å². The summed E-state index contributed by atoms with van der Waals surface area (Å²) in [7, 11) is 0. The van der Waals surface area contributed by atoms with E-state index in [-0.39, 0.29) is 12.1 Å². The first kappa shape index (κ1) is 12.7. The van der Waals surface area contributed by atoms with E-state index >= 15 is 0 Å². The highest BCUT2D eigenvalue weighted by Crippen LogP contribution is 2.37. The van der Waals surface area contributed by atoms with Gasteiger partial charge < -0.3 is 10.2 Å². The van der Waals surface area contributed by atoms with Crippen molar-refractivity contribution < 1.29 is 4.79 Å². The van der Waals surface area contributed by atoms with Crippen LogP contribution in [-0.2, 0) is 0 Å². The summed E-state index contributed by atoms with van der Waals surface area (Å²) in [5.74, 6) is 5.80. The Bertz CT molecular complexity index is 534. The first-order valence-corrected chi connectivity index (χ1v) is 6.84. The van der Waals surface area contributed by atoms with Crippen LogP contribution in [0.4, 0.5) is 5.69 Å². The molecule has 1 aromatic carbocycles. The lowest BCUT2D eigenvalue weighted by molar-refractivity contribution is 0.0646. The molecular formula is C13H17ClN4O. The lowest BCUT2D eigenvalue weighted by Gasteiger charge is -2.43. The number of carbonyl (C=O) groups is 1. The average molecular weight is 281 g/mol. The normalized spacial score (nSPS) is 22.9. The van der Waals surface area contributed by atoms with Gasteiger partial charge in [0.05, 0.1) is 16.3 Å². The second kappa shape index (κ2) is 4.67. The number of carbonyl (C=O) groups excluding carboxylic acids is 1. The summed E-state index contributed by atoms with van der Waals surface area (Å²) in [4.78, 5) is 14.6. The van der Waals surface area contributed by atoms with Crippen molar-refractivity contribution in [3.05, 3.63) is 28.3 Å². The number of nitrogens with two attached hydrogens (primary N) is 1. The number of aryl methyl sites for hydroxylation is 1. The maximum atomic E-state index is 12.4. The molecule has 0 radical (unpaired) electrons. The third-order valence-electron chi connectivity index (χ3n) is 3.85. The highest BCUT2D eigenvalue weighted by molar-refractivity contribution is 6.35. The number of halogens is 1. The molecule has 3 rings (SSSR count). The third-order valence-corrected chi connectivity index (χ3v) is 4.17. The van der Waals surface area contributed by atoms with Gasteiger partial charge in [0.1, 0.15) is 6.17 Å². The molecular weight excluding hydrogens is 264 g/mol. The van der Waals surface area contributed by atoms with E-state index in [1.807, 2.05) is 13.0 Å². The molecule has 3 N–H and O–H groups in total. The van der Waals surface area contributed by atoms with Crippen molar-refractivity contribution in [1.82, 2.24) is 10.3 Å². The van der Waals surface area contributed by atoms with Crippen LogP contribution in [0.2, 0.25) is 5.02 Å². The summed E-state index contributed by atoms with van der Waals surface area (Å²) in [6.45, 7) is 4.56. The summed E-state index contributed by atoms with van der Waals surface area (Å²) < 4.78 is 0. The molecule has 0 aromatic heterocycles. The maximum absolute atomic E-state index is 12.4. The first-order valence-electron chi connectivity index (χ1n) is 6.46. The topological polar surface area (TPSA) is 61.6 Å². The number of hydrazine groups is 1. The fourth-order valence-corrected chi connectivity index (χ4v) is 3.15. The molecule has 0 spiro atoms.